The van der Waals surface area contributed by atoms with Crippen molar-refractivity contribution in [2.75, 3.05) is 20.7 Å². The minimum absolute atomic E-state index is 0. The molecule has 0 amide bonds. The molecule has 164 valence electrons. The van der Waals surface area contributed by atoms with Gasteiger partial charge in [-0.15, -0.1) is 12.4 Å². The molecule has 0 aromatic rings. The fourth-order valence-corrected chi connectivity index (χ4v) is 2.31. The van der Waals surface area contributed by atoms with Gasteiger partial charge in [-0.05, 0) is 6.42 Å². The van der Waals surface area contributed by atoms with Gasteiger partial charge in [0, 0.05) is 14.1 Å². The van der Waals surface area contributed by atoms with Gasteiger partial charge in [-0.3, -0.25) is 20.3 Å². The summed E-state index contributed by atoms with van der Waals surface area (Å²) in [6.45, 7) is 2.24. The second kappa shape index (κ2) is 23.2. The first-order chi connectivity index (χ1) is 12.1. The molecule has 0 rings (SSSR count). The molecule has 0 atom stereocenters. The van der Waals surface area contributed by atoms with Gasteiger partial charge in [0.25, 0.3) is 0 Å². The average Bonchev–Trinajstić information content (AvgIpc) is 2.51. The van der Waals surface area contributed by atoms with Gasteiger partial charge >= 0.3 is 29.6 Å². The van der Waals surface area contributed by atoms with Crippen molar-refractivity contribution in [3.63, 3.8) is 0 Å². The summed E-state index contributed by atoms with van der Waals surface area (Å²) in [5.41, 5.74) is 4.94. The van der Waals surface area contributed by atoms with Gasteiger partial charge in [-0.1, -0.05) is 64.7 Å². The molecule has 0 aliphatic heterocycles. The van der Waals surface area contributed by atoms with Gasteiger partial charge < -0.3 is 15.2 Å². The van der Waals surface area contributed by atoms with Crippen LogP contribution in [0.3, 0.4) is 0 Å². The Labute approximate surface area is 199 Å². The zero-order valence-corrected chi connectivity index (χ0v) is 21.4. The third-order valence-corrected chi connectivity index (χ3v) is 3.88. The Morgan fingerprint density at radius 1 is 1.00 bits per heavy atom. The molecule has 0 saturated heterocycles. The number of halogens is 1. The van der Waals surface area contributed by atoms with E-state index in [1.54, 1.807) is 14.1 Å². The maximum absolute atomic E-state index is 10.1. The van der Waals surface area contributed by atoms with E-state index in [4.69, 9.17) is 16.6 Å². The number of unbranched alkanes of at least 4 members (excludes halogenated alkanes) is 9. The fourth-order valence-electron chi connectivity index (χ4n) is 1.99. The van der Waals surface area contributed by atoms with Crippen LogP contribution in [0.25, 0.3) is 0 Å². The molecule has 0 radical (unpaired) electrons. The van der Waals surface area contributed by atoms with Crippen molar-refractivity contribution in [2.24, 2.45) is 5.73 Å². The molecule has 0 heterocycles. The van der Waals surface area contributed by atoms with Crippen molar-refractivity contribution >= 4 is 34.7 Å². The summed E-state index contributed by atoms with van der Waals surface area (Å²) in [5.74, 6) is -0.101. The van der Waals surface area contributed by atoms with Crippen LogP contribution >= 0.6 is 12.4 Å². The zero-order chi connectivity index (χ0) is 20.4. The van der Waals surface area contributed by atoms with Gasteiger partial charge in [-0.2, -0.15) is 0 Å². The average molecular weight is 454 g/mol. The van der Waals surface area contributed by atoms with Crippen LogP contribution in [0, 0.1) is 10.8 Å². The summed E-state index contributed by atoms with van der Waals surface area (Å²) in [7, 11) is -1.10. The predicted octanol–water partition coefficient (Wildman–Crippen LogP) is -0.224. The van der Waals surface area contributed by atoms with Gasteiger partial charge in [0.05, 0.1) is 6.61 Å². The first kappa shape index (κ1) is 35.3. The van der Waals surface area contributed by atoms with Gasteiger partial charge in [0.2, 0.25) is 10.4 Å². The zero-order valence-electron chi connectivity index (χ0n) is 17.8. The Kier molecular flexibility index (Phi) is 29.3. The Hall–Kier alpha value is -0.100. The molecule has 0 aromatic heterocycles. The number of guanidine groups is 2. The van der Waals surface area contributed by atoms with Crippen LogP contribution in [-0.4, -0.2) is 50.5 Å². The molecule has 0 saturated carbocycles. The van der Waals surface area contributed by atoms with Gasteiger partial charge in [0.15, 0.2) is 11.9 Å². The number of hydrogen-bond acceptors (Lipinski definition) is 6. The van der Waals surface area contributed by atoms with Crippen LogP contribution < -0.4 is 40.6 Å². The van der Waals surface area contributed by atoms with Crippen molar-refractivity contribution in [1.82, 2.24) is 10.2 Å². The maximum atomic E-state index is 10.1. The van der Waals surface area contributed by atoms with Crippen LogP contribution in [0.2, 0.25) is 0 Å². The summed E-state index contributed by atoms with van der Waals surface area (Å²) in [5, 5.41) is 16.1. The summed E-state index contributed by atoms with van der Waals surface area (Å²) in [6.07, 6.45) is 11.7. The monoisotopic (exact) mass is 453 g/mol. The van der Waals surface area contributed by atoms with E-state index in [0.29, 0.717) is 6.42 Å². The molecular formula is C16H37ClN5NaO4S. The third-order valence-electron chi connectivity index (χ3n) is 3.43. The molecular weight excluding hydrogens is 417 g/mol. The largest absolute Gasteiger partial charge is 1.00 e. The summed E-state index contributed by atoms with van der Waals surface area (Å²) >= 11 is 0. The Bertz CT molecular complexity index is 482. The van der Waals surface area contributed by atoms with E-state index in [2.05, 4.69) is 16.4 Å². The van der Waals surface area contributed by atoms with E-state index in [1.807, 2.05) is 0 Å². The second-order valence-electron chi connectivity index (χ2n) is 6.19. The van der Waals surface area contributed by atoms with Gasteiger partial charge in [-0.25, -0.2) is 8.42 Å². The van der Waals surface area contributed by atoms with Crippen molar-refractivity contribution in [2.45, 2.75) is 71.1 Å². The number of nitrogens with two attached hydrogens (primary N) is 1. The van der Waals surface area contributed by atoms with Crippen LogP contribution in [0.4, 0.5) is 0 Å². The van der Waals surface area contributed by atoms with Crippen molar-refractivity contribution < 1.29 is 46.7 Å². The van der Waals surface area contributed by atoms with Gasteiger partial charge in [0.1, 0.15) is 0 Å². The summed E-state index contributed by atoms with van der Waals surface area (Å²) < 4.78 is 34.5. The topological polar surface area (TPSA) is 155 Å². The Morgan fingerprint density at radius 2 is 1.39 bits per heavy atom. The number of nitrogens with zero attached hydrogens (tertiary/aromatic N) is 1. The Balaban J connectivity index is -0.000000225. The first-order valence-electron chi connectivity index (χ1n) is 9.07. The predicted molar refractivity (Wildman–Crippen MR) is 111 cm³/mol. The fraction of sp³-hybridized carbons (Fsp3) is 0.875. The smallest absolute Gasteiger partial charge is 0.726 e. The van der Waals surface area contributed by atoms with E-state index < -0.39 is 10.4 Å². The number of rotatable bonds is 12. The van der Waals surface area contributed by atoms with Crippen LogP contribution in [0.5, 0.6) is 0 Å². The standard InChI is InChI=1S/C12H26O4S.C4H11N5.ClH.Na/c1-2-3-4-5-6-7-8-9-10-11-12-16-17(13,14)15;1-9(2)4(7)8-3(5)6;;/h2-12H2,1H3,(H,13,14,15);1-2H3,(H5,5,6,7,8);1H;/q;;;+1/p-1. The minimum atomic E-state index is -4.48. The molecule has 28 heavy (non-hydrogen) atoms. The molecule has 0 unspecified atom stereocenters. The quantitative estimate of drug-likeness (QED) is 0.0794. The van der Waals surface area contributed by atoms with Crippen LogP contribution in [-0.2, 0) is 14.6 Å². The van der Waals surface area contributed by atoms with E-state index in [9.17, 15) is 13.0 Å². The van der Waals surface area contributed by atoms with E-state index >= 15 is 0 Å². The SMILES string of the molecule is CCCCCCCCCCCCOS(=O)(=O)[O-].CN(C)C(=N)NC(=N)N.Cl.[Na+]. The molecule has 0 aliphatic rings. The van der Waals surface area contributed by atoms with E-state index in [-0.39, 0.29) is 60.5 Å². The van der Waals surface area contributed by atoms with E-state index in [1.165, 1.54) is 49.8 Å². The van der Waals surface area contributed by atoms with Crippen molar-refractivity contribution in [3.8, 4) is 0 Å². The molecule has 0 aliphatic carbocycles. The van der Waals surface area contributed by atoms with Crippen molar-refractivity contribution in [1.29, 1.82) is 10.8 Å². The minimum Gasteiger partial charge on any atom is -0.726 e. The van der Waals surface area contributed by atoms with E-state index in [0.717, 1.165) is 12.8 Å². The summed E-state index contributed by atoms with van der Waals surface area (Å²) in [4.78, 5) is 1.52. The number of hydrogen-bond donors (Lipinski definition) is 4. The molecule has 0 fully saturated rings. The normalized spacial score (nSPS) is 9.86. The van der Waals surface area contributed by atoms with Crippen molar-refractivity contribution in [3.05, 3.63) is 0 Å². The molecule has 9 nitrogen and oxygen atoms in total. The molecule has 0 aromatic carbocycles. The van der Waals surface area contributed by atoms with Crippen LogP contribution in [0.15, 0.2) is 0 Å². The second-order valence-corrected chi connectivity index (χ2v) is 7.25. The molecule has 12 heteroatoms. The molecule has 0 spiro atoms. The molecule has 0 bridgehead atoms. The Morgan fingerprint density at radius 3 is 1.68 bits per heavy atom. The first-order valence-corrected chi connectivity index (χ1v) is 10.4. The number of nitrogens with one attached hydrogen (secondary N) is 3. The third kappa shape index (κ3) is 33.5. The maximum Gasteiger partial charge on any atom is 1.00 e. The molecule has 5 N–H and O–H groups in total. The summed E-state index contributed by atoms with van der Waals surface area (Å²) in [6, 6.07) is 0. The van der Waals surface area contributed by atoms with Crippen LogP contribution in [0.1, 0.15) is 71.1 Å².